The van der Waals surface area contributed by atoms with Gasteiger partial charge in [0.1, 0.15) is 12.2 Å². The highest BCUT2D eigenvalue weighted by molar-refractivity contribution is 7.81. The highest BCUT2D eigenvalue weighted by atomic mass is 32.3. The molecule has 2 bridgehead atoms. The Morgan fingerprint density at radius 1 is 1.02 bits per heavy atom. The van der Waals surface area contributed by atoms with Gasteiger partial charge in [0.25, 0.3) is 0 Å². The standard InChI is InChI=1S/C30H46O16S2/c1-14(2)9-22(32)44-25-24(46-48(39,40)41)23(45-47(36,37)38)20(13-31)43-28(25)42-17-10-18(27(34)35)19-7-8-30-11-16(15(3)26(30)33)5-6-21(30)29(19,4)12-17/h14,16-21,23-26,28,31,33H,3,5-13H2,1-2,4H3,(H,34,35)(H,36,37,38)(H,39,40,41)/t16-,17-,18-,19-,20?,21+,23?,24?,25?,26+,28?,29-,30-/m1/s1. The summed E-state index contributed by atoms with van der Waals surface area (Å²) in [7, 11) is -10.8. The van der Waals surface area contributed by atoms with Crippen molar-refractivity contribution in [2.75, 3.05) is 6.61 Å². The molecule has 5 unspecified atom stereocenters. The Labute approximate surface area is 280 Å². The first-order valence-corrected chi connectivity index (χ1v) is 18.9. The molecule has 0 aromatic heterocycles. The van der Waals surface area contributed by atoms with Crippen molar-refractivity contribution in [1.29, 1.82) is 0 Å². The first kappa shape index (κ1) is 37.5. The quantitative estimate of drug-likeness (QED) is 0.0879. The molecule has 4 saturated carbocycles. The number of hydrogen-bond donors (Lipinski definition) is 5. The maximum Gasteiger partial charge on any atom is 0.397 e. The molecule has 5 aliphatic rings. The zero-order chi connectivity index (χ0) is 35.6. The van der Waals surface area contributed by atoms with E-state index in [2.05, 4.69) is 10.8 Å². The zero-order valence-corrected chi connectivity index (χ0v) is 28.7. The van der Waals surface area contributed by atoms with Gasteiger partial charge in [-0.3, -0.25) is 18.7 Å². The monoisotopic (exact) mass is 726 g/mol. The lowest BCUT2D eigenvalue weighted by Crippen LogP contribution is -2.64. The maximum atomic E-state index is 12.9. The van der Waals surface area contributed by atoms with Gasteiger partial charge < -0.3 is 29.5 Å². The van der Waals surface area contributed by atoms with Crippen LogP contribution in [0.25, 0.3) is 0 Å². The molecule has 48 heavy (non-hydrogen) atoms. The Morgan fingerprint density at radius 3 is 2.25 bits per heavy atom. The summed E-state index contributed by atoms with van der Waals surface area (Å²) in [6.07, 6.45) is -7.93. The number of aliphatic carboxylic acids is 1. The van der Waals surface area contributed by atoms with Crippen LogP contribution < -0.4 is 0 Å². The van der Waals surface area contributed by atoms with E-state index in [1.165, 1.54) is 0 Å². The van der Waals surface area contributed by atoms with Crippen LogP contribution in [0.5, 0.6) is 0 Å². The largest absolute Gasteiger partial charge is 0.481 e. The van der Waals surface area contributed by atoms with E-state index in [-0.39, 0.29) is 42.9 Å². The van der Waals surface area contributed by atoms with Crippen LogP contribution >= 0.6 is 0 Å². The third-order valence-electron chi connectivity index (χ3n) is 11.5. The van der Waals surface area contributed by atoms with Crippen molar-refractivity contribution in [2.45, 2.75) is 115 Å². The van der Waals surface area contributed by atoms with Gasteiger partial charge in [-0.05, 0) is 79.6 Å². The van der Waals surface area contributed by atoms with Crippen molar-refractivity contribution in [1.82, 2.24) is 0 Å². The summed E-state index contributed by atoms with van der Waals surface area (Å²) in [6.45, 7) is 8.52. The number of carboxylic acid groups (broad SMARTS) is 1. The topological polar surface area (TPSA) is 250 Å². The Morgan fingerprint density at radius 2 is 1.67 bits per heavy atom. The van der Waals surface area contributed by atoms with Crippen molar-refractivity contribution < 1.29 is 73.4 Å². The highest BCUT2D eigenvalue weighted by Gasteiger charge is 2.67. The molecule has 274 valence electrons. The van der Waals surface area contributed by atoms with Crippen LogP contribution in [0.15, 0.2) is 12.2 Å². The lowest BCUT2D eigenvalue weighted by Gasteiger charge is -2.62. The lowest BCUT2D eigenvalue weighted by molar-refractivity contribution is -0.316. The van der Waals surface area contributed by atoms with Crippen LogP contribution in [-0.4, -0.2) is 103 Å². The van der Waals surface area contributed by atoms with Crippen LogP contribution in [0.1, 0.15) is 72.1 Å². The van der Waals surface area contributed by atoms with Gasteiger partial charge in [0, 0.05) is 11.8 Å². The number of ether oxygens (including phenoxy) is 3. The van der Waals surface area contributed by atoms with Crippen LogP contribution in [-0.2, 0) is 53.0 Å². The zero-order valence-electron chi connectivity index (χ0n) is 27.0. The van der Waals surface area contributed by atoms with Crippen molar-refractivity contribution in [2.24, 2.45) is 40.4 Å². The molecule has 1 aliphatic heterocycles. The lowest BCUT2D eigenvalue weighted by atomic mass is 9.43. The Bertz CT molecular complexity index is 1480. The number of fused-ring (bicyclic) bond motifs is 3. The summed E-state index contributed by atoms with van der Waals surface area (Å²) in [4.78, 5) is 25.7. The van der Waals surface area contributed by atoms with E-state index >= 15 is 0 Å². The summed E-state index contributed by atoms with van der Waals surface area (Å²) >= 11 is 0. The number of aliphatic hydroxyl groups is 2. The number of rotatable bonds is 11. The van der Waals surface area contributed by atoms with Crippen LogP contribution in [0, 0.1) is 40.4 Å². The van der Waals surface area contributed by atoms with E-state index in [4.69, 9.17) is 18.4 Å². The van der Waals surface area contributed by atoms with E-state index in [0.717, 1.165) is 24.8 Å². The van der Waals surface area contributed by atoms with E-state index in [1.54, 1.807) is 13.8 Å². The molecule has 1 heterocycles. The summed E-state index contributed by atoms with van der Waals surface area (Å²) in [5.74, 6) is -3.25. The number of carbonyl (C=O) groups excluding carboxylic acids is 1. The predicted molar refractivity (Wildman–Crippen MR) is 162 cm³/mol. The number of aliphatic hydroxyl groups excluding tert-OH is 2. The smallest absolute Gasteiger partial charge is 0.397 e. The molecule has 0 radical (unpaired) electrons. The van der Waals surface area contributed by atoms with Gasteiger partial charge in [-0.1, -0.05) is 27.4 Å². The van der Waals surface area contributed by atoms with Gasteiger partial charge in [0.15, 0.2) is 18.5 Å². The summed E-state index contributed by atoms with van der Waals surface area (Å²) in [5, 5.41) is 32.0. The van der Waals surface area contributed by atoms with Crippen molar-refractivity contribution in [3.05, 3.63) is 12.2 Å². The second-order valence-corrected chi connectivity index (χ2v) is 16.9. The molecule has 5 rings (SSSR count). The predicted octanol–water partition coefficient (Wildman–Crippen LogP) is 1.67. The summed E-state index contributed by atoms with van der Waals surface area (Å²) < 4.78 is 93.5. The molecule has 13 atom stereocenters. The molecule has 0 amide bonds. The number of esters is 1. The number of hydrogen-bond acceptors (Lipinski definition) is 13. The minimum absolute atomic E-state index is 0.0156. The highest BCUT2D eigenvalue weighted by Crippen LogP contribution is 2.70. The third kappa shape index (κ3) is 7.20. The number of carbonyl (C=O) groups is 2. The van der Waals surface area contributed by atoms with E-state index in [1.807, 2.05) is 6.92 Å². The normalized spacial score (nSPS) is 43.0. The fourth-order valence-electron chi connectivity index (χ4n) is 9.82. The van der Waals surface area contributed by atoms with Crippen molar-refractivity contribution >= 4 is 32.7 Å². The van der Waals surface area contributed by atoms with Gasteiger partial charge in [0.05, 0.1) is 24.7 Å². The molecule has 18 heteroatoms. The minimum atomic E-state index is -5.42. The van der Waals surface area contributed by atoms with E-state index in [0.29, 0.717) is 12.8 Å². The molecule has 5 fully saturated rings. The summed E-state index contributed by atoms with van der Waals surface area (Å²) in [6, 6.07) is 0. The van der Waals surface area contributed by atoms with Gasteiger partial charge in [-0.25, -0.2) is 8.37 Å². The van der Waals surface area contributed by atoms with Gasteiger partial charge in [-0.15, -0.1) is 0 Å². The Hall–Kier alpha value is -1.74. The fourth-order valence-corrected chi connectivity index (χ4v) is 10.8. The minimum Gasteiger partial charge on any atom is -0.481 e. The average molecular weight is 727 g/mol. The third-order valence-corrected chi connectivity index (χ3v) is 12.4. The molecule has 4 aliphatic carbocycles. The van der Waals surface area contributed by atoms with Gasteiger partial charge >= 0.3 is 32.7 Å². The van der Waals surface area contributed by atoms with Crippen LogP contribution in [0.2, 0.25) is 0 Å². The van der Waals surface area contributed by atoms with E-state index in [9.17, 15) is 50.8 Å². The molecular weight excluding hydrogens is 680 g/mol. The van der Waals surface area contributed by atoms with E-state index < -0.39 is 99.0 Å². The Kier molecular flexibility index (Phi) is 10.5. The fraction of sp³-hybridized carbons (Fsp3) is 0.867. The first-order chi connectivity index (χ1) is 22.2. The second-order valence-electron chi connectivity index (χ2n) is 14.8. The molecular formula is C30H46O16S2. The first-order valence-electron chi connectivity index (χ1n) is 16.2. The van der Waals surface area contributed by atoms with Gasteiger partial charge in [0.2, 0.25) is 0 Å². The molecule has 5 N–H and O–H groups in total. The number of carboxylic acids is 1. The van der Waals surface area contributed by atoms with Crippen molar-refractivity contribution in [3.63, 3.8) is 0 Å². The Balaban J connectivity index is 1.51. The maximum absolute atomic E-state index is 12.9. The van der Waals surface area contributed by atoms with Gasteiger partial charge in [-0.2, -0.15) is 16.8 Å². The van der Waals surface area contributed by atoms with Crippen molar-refractivity contribution in [3.8, 4) is 0 Å². The average Bonchev–Trinajstić information content (AvgIpc) is 3.12. The molecule has 16 nitrogen and oxygen atoms in total. The van der Waals surface area contributed by atoms with Crippen LogP contribution in [0.4, 0.5) is 0 Å². The molecule has 1 saturated heterocycles. The second kappa shape index (κ2) is 13.4. The summed E-state index contributed by atoms with van der Waals surface area (Å²) in [5.41, 5.74) is -0.319. The SMILES string of the molecule is C=C1[C@@H]2CC[C@H]3[C@]4(C)C[C@H](OC5OC(CO)C(OS(=O)(=O)O)C(OS(=O)(=O)O)C5OC(=O)CC(C)C)C[C@@H](C(=O)O)[C@H]4CC[C@]3(C2)[C@H]1O. The van der Waals surface area contributed by atoms with Crippen LogP contribution in [0.3, 0.4) is 0 Å². The molecule has 0 aromatic rings. The molecule has 1 spiro atoms. The molecule has 0 aromatic carbocycles.